The summed E-state index contributed by atoms with van der Waals surface area (Å²) in [5.74, 6) is 1.51. The number of aromatic nitrogens is 1. The van der Waals surface area contributed by atoms with Gasteiger partial charge in [-0.25, -0.2) is 0 Å². The fourth-order valence-corrected chi connectivity index (χ4v) is 4.64. The fraction of sp³-hybridized carbons (Fsp3) is 0.526. The molecule has 0 saturated carbocycles. The molecule has 2 aromatic rings. The summed E-state index contributed by atoms with van der Waals surface area (Å²) in [5.41, 5.74) is 0. The third-order valence-corrected chi connectivity index (χ3v) is 5.87. The minimum absolute atomic E-state index is 0. The molecule has 3 heterocycles. The molecule has 1 saturated heterocycles. The van der Waals surface area contributed by atoms with Crippen LogP contribution in [0, 0.1) is 5.92 Å². The van der Waals surface area contributed by atoms with E-state index in [-0.39, 0.29) is 24.0 Å². The SMILES string of the molecule is CN=C(NCCn1cccc1)NCC1CCCN(C)C1c1cccs1.I. The summed E-state index contributed by atoms with van der Waals surface area (Å²) >= 11 is 1.87. The monoisotopic (exact) mass is 487 g/mol. The average Bonchev–Trinajstić information content (AvgIpc) is 3.31. The predicted octanol–water partition coefficient (Wildman–Crippen LogP) is 3.42. The van der Waals surface area contributed by atoms with Gasteiger partial charge in [-0.3, -0.25) is 9.89 Å². The summed E-state index contributed by atoms with van der Waals surface area (Å²) in [6, 6.07) is 9.05. The van der Waals surface area contributed by atoms with Gasteiger partial charge in [0.25, 0.3) is 0 Å². The van der Waals surface area contributed by atoms with Gasteiger partial charge >= 0.3 is 0 Å². The maximum absolute atomic E-state index is 4.37. The third-order valence-electron chi connectivity index (χ3n) is 4.93. The highest BCUT2D eigenvalue weighted by Crippen LogP contribution is 2.36. The number of aliphatic imine (C=N–C) groups is 1. The molecule has 0 bridgehead atoms. The zero-order chi connectivity index (χ0) is 17.5. The van der Waals surface area contributed by atoms with E-state index in [0.717, 1.165) is 25.6 Å². The second kappa shape index (κ2) is 10.9. The highest BCUT2D eigenvalue weighted by molar-refractivity contribution is 14.0. The lowest BCUT2D eigenvalue weighted by Crippen LogP contribution is -2.45. The number of piperidine rings is 1. The summed E-state index contributed by atoms with van der Waals surface area (Å²) in [5, 5.41) is 9.14. The van der Waals surface area contributed by atoms with Crippen LogP contribution in [0.3, 0.4) is 0 Å². The van der Waals surface area contributed by atoms with Crippen molar-refractivity contribution in [3.63, 3.8) is 0 Å². The smallest absolute Gasteiger partial charge is 0.191 e. The third kappa shape index (κ3) is 5.72. The van der Waals surface area contributed by atoms with E-state index in [1.54, 1.807) is 0 Å². The standard InChI is InChI=1S/C19H29N5S.HI/c1-20-19(21-9-13-24-11-3-4-12-24)22-15-16-7-5-10-23(2)18(16)17-8-6-14-25-17;/h3-4,6,8,11-12,14,16,18H,5,7,9-10,13,15H2,1-2H3,(H2,20,21,22);1H. The van der Waals surface area contributed by atoms with Crippen molar-refractivity contribution in [1.82, 2.24) is 20.1 Å². The number of thiophene rings is 1. The number of likely N-dealkylation sites (tertiary alicyclic amines) is 1. The van der Waals surface area contributed by atoms with Crippen LogP contribution in [0.15, 0.2) is 47.0 Å². The molecule has 5 nitrogen and oxygen atoms in total. The van der Waals surface area contributed by atoms with Crippen molar-refractivity contribution in [2.24, 2.45) is 10.9 Å². The molecule has 1 aliphatic heterocycles. The van der Waals surface area contributed by atoms with Crippen molar-refractivity contribution in [1.29, 1.82) is 0 Å². The van der Waals surface area contributed by atoms with Gasteiger partial charge < -0.3 is 15.2 Å². The van der Waals surface area contributed by atoms with E-state index in [1.165, 1.54) is 24.3 Å². The number of nitrogens with one attached hydrogen (secondary N) is 2. The van der Waals surface area contributed by atoms with Gasteiger partial charge in [-0.1, -0.05) is 6.07 Å². The molecule has 0 radical (unpaired) electrons. The Hall–Kier alpha value is -1.06. The van der Waals surface area contributed by atoms with Crippen molar-refractivity contribution < 1.29 is 0 Å². The van der Waals surface area contributed by atoms with E-state index >= 15 is 0 Å². The number of hydrogen-bond donors (Lipinski definition) is 2. The van der Waals surface area contributed by atoms with Gasteiger partial charge in [0, 0.05) is 50.0 Å². The fourth-order valence-electron chi connectivity index (χ4n) is 3.65. The Bertz CT molecular complexity index is 641. The minimum Gasteiger partial charge on any atom is -0.356 e. The van der Waals surface area contributed by atoms with Crippen molar-refractivity contribution in [2.45, 2.75) is 25.4 Å². The normalized spacial score (nSPS) is 21.2. The van der Waals surface area contributed by atoms with E-state index in [0.29, 0.717) is 12.0 Å². The van der Waals surface area contributed by atoms with E-state index in [1.807, 2.05) is 18.4 Å². The van der Waals surface area contributed by atoms with Crippen LogP contribution in [0.2, 0.25) is 0 Å². The summed E-state index contributed by atoms with van der Waals surface area (Å²) in [6.45, 7) is 3.95. The van der Waals surface area contributed by atoms with Crippen molar-refractivity contribution in [2.75, 3.05) is 33.7 Å². The summed E-state index contributed by atoms with van der Waals surface area (Å²) < 4.78 is 2.17. The number of hydrogen-bond acceptors (Lipinski definition) is 3. The molecule has 2 aromatic heterocycles. The lowest BCUT2D eigenvalue weighted by molar-refractivity contribution is 0.125. The van der Waals surface area contributed by atoms with Gasteiger partial charge in [-0.05, 0) is 55.9 Å². The maximum Gasteiger partial charge on any atom is 0.191 e. The molecule has 2 atom stereocenters. The van der Waals surface area contributed by atoms with E-state index < -0.39 is 0 Å². The molecule has 1 aliphatic rings. The first-order valence-corrected chi connectivity index (χ1v) is 9.95. The van der Waals surface area contributed by atoms with E-state index in [4.69, 9.17) is 0 Å². The molecule has 0 aliphatic carbocycles. The van der Waals surface area contributed by atoms with Crippen molar-refractivity contribution in [3.8, 4) is 0 Å². The van der Waals surface area contributed by atoms with E-state index in [2.05, 4.69) is 74.2 Å². The van der Waals surface area contributed by atoms with Crippen LogP contribution in [0.5, 0.6) is 0 Å². The van der Waals surface area contributed by atoms with Crippen LogP contribution >= 0.6 is 35.3 Å². The molecule has 3 rings (SSSR count). The molecule has 0 aromatic carbocycles. The maximum atomic E-state index is 4.37. The highest BCUT2D eigenvalue weighted by Gasteiger charge is 2.31. The van der Waals surface area contributed by atoms with Crippen LogP contribution in [0.1, 0.15) is 23.8 Å². The van der Waals surface area contributed by atoms with Crippen LogP contribution in [0.25, 0.3) is 0 Å². The number of guanidine groups is 1. The molecule has 2 unspecified atom stereocenters. The van der Waals surface area contributed by atoms with Gasteiger partial charge in [0.2, 0.25) is 0 Å². The first-order chi connectivity index (χ1) is 12.3. The molecule has 7 heteroatoms. The van der Waals surface area contributed by atoms with Crippen molar-refractivity contribution >= 4 is 41.3 Å². The van der Waals surface area contributed by atoms with Gasteiger partial charge in [0.15, 0.2) is 5.96 Å². The Balaban J connectivity index is 0.00000243. The molecule has 0 spiro atoms. The first kappa shape index (κ1) is 21.2. The highest BCUT2D eigenvalue weighted by atomic mass is 127. The van der Waals surface area contributed by atoms with Gasteiger partial charge in [-0.15, -0.1) is 35.3 Å². The van der Waals surface area contributed by atoms with Crippen LogP contribution in [-0.4, -0.2) is 49.2 Å². The van der Waals surface area contributed by atoms with E-state index in [9.17, 15) is 0 Å². The second-order valence-corrected chi connectivity index (χ2v) is 7.62. The Morgan fingerprint density at radius 3 is 2.77 bits per heavy atom. The summed E-state index contributed by atoms with van der Waals surface area (Å²) in [4.78, 5) is 8.35. The second-order valence-electron chi connectivity index (χ2n) is 6.64. The molecular formula is C19H30IN5S. The van der Waals surface area contributed by atoms with Crippen molar-refractivity contribution in [3.05, 3.63) is 46.9 Å². The van der Waals surface area contributed by atoms with Crippen LogP contribution < -0.4 is 10.6 Å². The van der Waals surface area contributed by atoms with Gasteiger partial charge in [0.1, 0.15) is 0 Å². The molecule has 0 amide bonds. The average molecular weight is 487 g/mol. The Kier molecular flexibility index (Phi) is 8.94. The van der Waals surface area contributed by atoms with Gasteiger partial charge in [-0.2, -0.15) is 0 Å². The zero-order valence-electron chi connectivity index (χ0n) is 15.6. The Morgan fingerprint density at radius 2 is 2.08 bits per heavy atom. The quantitative estimate of drug-likeness (QED) is 0.373. The molecule has 144 valence electrons. The molecule has 26 heavy (non-hydrogen) atoms. The molecule has 2 N–H and O–H groups in total. The predicted molar refractivity (Wildman–Crippen MR) is 122 cm³/mol. The lowest BCUT2D eigenvalue weighted by Gasteiger charge is -2.39. The zero-order valence-corrected chi connectivity index (χ0v) is 18.7. The molecular weight excluding hydrogens is 457 g/mol. The topological polar surface area (TPSA) is 44.6 Å². The number of halogens is 1. The van der Waals surface area contributed by atoms with Crippen LogP contribution in [0.4, 0.5) is 0 Å². The lowest BCUT2D eigenvalue weighted by atomic mass is 9.88. The first-order valence-electron chi connectivity index (χ1n) is 9.07. The van der Waals surface area contributed by atoms with Crippen LogP contribution in [-0.2, 0) is 6.54 Å². The minimum atomic E-state index is 0. The summed E-state index contributed by atoms with van der Waals surface area (Å²) in [6.07, 6.45) is 6.70. The number of nitrogens with zero attached hydrogens (tertiary/aromatic N) is 3. The Labute approximate surface area is 177 Å². The summed E-state index contributed by atoms with van der Waals surface area (Å²) in [7, 11) is 4.09. The number of rotatable bonds is 6. The van der Waals surface area contributed by atoms with Gasteiger partial charge in [0.05, 0.1) is 0 Å². The largest absolute Gasteiger partial charge is 0.356 e. The molecule has 1 fully saturated rings. The Morgan fingerprint density at radius 1 is 1.27 bits per heavy atom.